The average Bonchev–Trinajstić information content (AvgIpc) is 2.89. The molecule has 0 aliphatic heterocycles. The maximum absolute atomic E-state index is 12.0. The maximum Gasteiger partial charge on any atom is 0.192 e. The van der Waals surface area contributed by atoms with E-state index in [4.69, 9.17) is 5.73 Å². The molecular weight excluding hydrogens is 194 g/mol. The van der Waals surface area contributed by atoms with Gasteiger partial charge in [0.2, 0.25) is 0 Å². The summed E-state index contributed by atoms with van der Waals surface area (Å²) in [7, 11) is 0. The van der Waals surface area contributed by atoms with Crippen molar-refractivity contribution in [2.24, 2.45) is 11.7 Å². The zero-order valence-electron chi connectivity index (χ0n) is 8.54. The van der Waals surface area contributed by atoms with Crippen LogP contribution >= 0.6 is 11.3 Å². The third kappa shape index (κ3) is 1.62. The summed E-state index contributed by atoms with van der Waals surface area (Å²) in [5, 5.41) is 0. The van der Waals surface area contributed by atoms with Gasteiger partial charge in [-0.15, -0.1) is 11.3 Å². The number of nitrogens with two attached hydrogens (primary N) is 1. The van der Waals surface area contributed by atoms with E-state index in [1.54, 1.807) is 0 Å². The third-order valence-electron chi connectivity index (χ3n) is 2.88. The van der Waals surface area contributed by atoms with Crippen LogP contribution in [0.3, 0.4) is 0 Å². The number of ketones is 1. The van der Waals surface area contributed by atoms with Gasteiger partial charge in [-0.25, -0.2) is 0 Å². The summed E-state index contributed by atoms with van der Waals surface area (Å²) in [4.78, 5) is 14.0. The SMILES string of the molecule is Cc1ccc(C(=O)C(C)(N)C2CC2)s1. The van der Waals surface area contributed by atoms with E-state index in [0.29, 0.717) is 5.92 Å². The lowest BCUT2D eigenvalue weighted by Crippen LogP contribution is -2.46. The normalized spacial score (nSPS) is 20.5. The Bertz CT molecular complexity index is 363. The third-order valence-corrected chi connectivity index (χ3v) is 3.88. The second kappa shape index (κ2) is 3.17. The number of Topliss-reactive ketones (excluding diaryl/α,β-unsaturated/α-hetero) is 1. The van der Waals surface area contributed by atoms with Crippen LogP contribution < -0.4 is 5.73 Å². The van der Waals surface area contributed by atoms with Crippen molar-refractivity contribution in [2.45, 2.75) is 32.2 Å². The van der Waals surface area contributed by atoms with Crippen LogP contribution in [0.5, 0.6) is 0 Å². The summed E-state index contributed by atoms with van der Waals surface area (Å²) >= 11 is 1.54. The number of carbonyl (C=O) groups excluding carboxylic acids is 1. The monoisotopic (exact) mass is 209 g/mol. The van der Waals surface area contributed by atoms with Crippen molar-refractivity contribution < 1.29 is 4.79 Å². The molecule has 2 rings (SSSR count). The second-order valence-corrected chi connectivity index (χ2v) is 5.58. The molecule has 1 unspecified atom stereocenters. The number of carbonyl (C=O) groups is 1. The Labute approximate surface area is 88.1 Å². The Morgan fingerprint density at radius 3 is 2.64 bits per heavy atom. The predicted octanol–water partition coefficient (Wildman–Crippen LogP) is 2.37. The molecule has 2 N–H and O–H groups in total. The molecular formula is C11H15NOS. The fourth-order valence-electron chi connectivity index (χ4n) is 1.69. The van der Waals surface area contributed by atoms with Crippen LogP contribution in [0.25, 0.3) is 0 Å². The van der Waals surface area contributed by atoms with Gasteiger partial charge >= 0.3 is 0 Å². The Kier molecular flexibility index (Phi) is 2.24. The van der Waals surface area contributed by atoms with Crippen LogP contribution in [0, 0.1) is 12.8 Å². The van der Waals surface area contributed by atoms with E-state index in [1.807, 2.05) is 26.0 Å². The first-order valence-electron chi connectivity index (χ1n) is 4.92. The van der Waals surface area contributed by atoms with Crippen molar-refractivity contribution in [2.75, 3.05) is 0 Å². The number of thiophene rings is 1. The van der Waals surface area contributed by atoms with Crippen LogP contribution in [0.4, 0.5) is 0 Å². The van der Waals surface area contributed by atoms with Gasteiger partial charge in [-0.2, -0.15) is 0 Å². The van der Waals surface area contributed by atoms with Crippen molar-refractivity contribution in [3.8, 4) is 0 Å². The van der Waals surface area contributed by atoms with Crippen molar-refractivity contribution in [1.29, 1.82) is 0 Å². The summed E-state index contributed by atoms with van der Waals surface area (Å²) in [6.45, 7) is 3.87. The molecule has 1 saturated carbocycles. The van der Waals surface area contributed by atoms with E-state index in [0.717, 1.165) is 17.7 Å². The minimum atomic E-state index is -0.642. The van der Waals surface area contributed by atoms with Gasteiger partial charge < -0.3 is 5.73 Å². The van der Waals surface area contributed by atoms with Crippen LogP contribution in [0.15, 0.2) is 12.1 Å². The van der Waals surface area contributed by atoms with Gasteiger partial charge in [-0.3, -0.25) is 4.79 Å². The lowest BCUT2D eigenvalue weighted by atomic mass is 9.91. The molecule has 0 spiro atoms. The average molecular weight is 209 g/mol. The molecule has 0 bridgehead atoms. The quantitative estimate of drug-likeness (QED) is 0.777. The van der Waals surface area contributed by atoms with E-state index in [-0.39, 0.29) is 5.78 Å². The fraction of sp³-hybridized carbons (Fsp3) is 0.545. The van der Waals surface area contributed by atoms with Crippen molar-refractivity contribution >= 4 is 17.1 Å². The second-order valence-electron chi connectivity index (χ2n) is 4.30. The smallest absolute Gasteiger partial charge is 0.192 e. The van der Waals surface area contributed by atoms with E-state index < -0.39 is 5.54 Å². The van der Waals surface area contributed by atoms with Gasteiger partial charge in [-0.05, 0) is 44.7 Å². The molecule has 1 aromatic rings. The molecule has 0 saturated heterocycles. The molecule has 1 aliphatic carbocycles. The minimum Gasteiger partial charge on any atom is -0.319 e. The van der Waals surface area contributed by atoms with E-state index in [2.05, 4.69) is 0 Å². The zero-order chi connectivity index (χ0) is 10.3. The summed E-state index contributed by atoms with van der Waals surface area (Å²) in [5.74, 6) is 0.510. The number of rotatable bonds is 3. The number of aryl methyl sites for hydroxylation is 1. The zero-order valence-corrected chi connectivity index (χ0v) is 9.36. The first kappa shape index (κ1) is 9.87. The van der Waals surface area contributed by atoms with E-state index in [9.17, 15) is 4.79 Å². The summed E-state index contributed by atoms with van der Waals surface area (Å²) < 4.78 is 0. The molecule has 1 aliphatic rings. The summed E-state index contributed by atoms with van der Waals surface area (Å²) in [6.07, 6.45) is 2.20. The first-order valence-corrected chi connectivity index (χ1v) is 5.73. The maximum atomic E-state index is 12.0. The van der Waals surface area contributed by atoms with Gasteiger partial charge in [0, 0.05) is 4.88 Å². The van der Waals surface area contributed by atoms with Gasteiger partial charge in [0.1, 0.15) is 0 Å². The van der Waals surface area contributed by atoms with Crippen LogP contribution in [-0.4, -0.2) is 11.3 Å². The number of hydrogen-bond acceptors (Lipinski definition) is 3. The molecule has 3 heteroatoms. The van der Waals surface area contributed by atoms with Crippen LogP contribution in [-0.2, 0) is 0 Å². The first-order chi connectivity index (χ1) is 6.51. The van der Waals surface area contributed by atoms with Gasteiger partial charge in [-0.1, -0.05) is 0 Å². The highest BCUT2D eigenvalue weighted by Crippen LogP contribution is 2.40. The molecule has 1 aromatic heterocycles. The molecule has 1 atom stereocenters. The highest BCUT2D eigenvalue weighted by molar-refractivity contribution is 7.14. The van der Waals surface area contributed by atoms with Crippen LogP contribution in [0.1, 0.15) is 34.3 Å². The van der Waals surface area contributed by atoms with Crippen LogP contribution in [0.2, 0.25) is 0 Å². The highest BCUT2D eigenvalue weighted by Gasteiger charge is 2.44. The lowest BCUT2D eigenvalue weighted by Gasteiger charge is -2.21. The molecule has 2 nitrogen and oxygen atoms in total. The molecule has 1 heterocycles. The van der Waals surface area contributed by atoms with E-state index in [1.165, 1.54) is 16.2 Å². The fourth-order valence-corrected chi connectivity index (χ4v) is 2.62. The highest BCUT2D eigenvalue weighted by atomic mass is 32.1. The largest absolute Gasteiger partial charge is 0.319 e. The topological polar surface area (TPSA) is 43.1 Å². The lowest BCUT2D eigenvalue weighted by molar-refractivity contribution is 0.0887. The predicted molar refractivity (Wildman–Crippen MR) is 58.7 cm³/mol. The van der Waals surface area contributed by atoms with Gasteiger partial charge in [0.05, 0.1) is 10.4 Å². The molecule has 14 heavy (non-hydrogen) atoms. The standard InChI is InChI=1S/C11H15NOS/c1-7-3-6-9(14-7)10(13)11(2,12)8-4-5-8/h3,6,8H,4-5,12H2,1-2H3. The molecule has 0 amide bonds. The summed E-state index contributed by atoms with van der Waals surface area (Å²) in [6, 6.07) is 3.86. The Morgan fingerprint density at radius 1 is 1.57 bits per heavy atom. The molecule has 1 fully saturated rings. The summed E-state index contributed by atoms with van der Waals surface area (Å²) in [5.41, 5.74) is 5.42. The Balaban J connectivity index is 2.22. The van der Waals surface area contributed by atoms with Gasteiger partial charge in [0.25, 0.3) is 0 Å². The van der Waals surface area contributed by atoms with Crippen molar-refractivity contribution in [1.82, 2.24) is 0 Å². The Hall–Kier alpha value is -0.670. The van der Waals surface area contributed by atoms with Crippen molar-refractivity contribution in [3.05, 3.63) is 21.9 Å². The van der Waals surface area contributed by atoms with E-state index >= 15 is 0 Å². The molecule has 76 valence electrons. The molecule has 0 aromatic carbocycles. The minimum absolute atomic E-state index is 0.109. The number of hydrogen-bond donors (Lipinski definition) is 1. The Morgan fingerprint density at radius 2 is 2.21 bits per heavy atom. The van der Waals surface area contributed by atoms with Gasteiger partial charge in [0.15, 0.2) is 5.78 Å². The molecule has 0 radical (unpaired) electrons. The van der Waals surface area contributed by atoms with Crippen molar-refractivity contribution in [3.63, 3.8) is 0 Å².